The topological polar surface area (TPSA) is 35.0 Å². The van der Waals surface area contributed by atoms with E-state index in [-0.39, 0.29) is 0 Å². The van der Waals surface area contributed by atoms with Gasteiger partial charge in [-0.05, 0) is 35.2 Å². The van der Waals surface area contributed by atoms with Crippen LogP contribution in [-0.4, -0.2) is 16.6 Å². The number of ether oxygens (including phenoxy) is 1. The summed E-state index contributed by atoms with van der Waals surface area (Å²) in [6.45, 7) is 3.26. The largest absolute Gasteiger partial charge is 0.373 e. The van der Waals surface area contributed by atoms with E-state index in [0.717, 1.165) is 23.2 Å². The van der Waals surface area contributed by atoms with Gasteiger partial charge in [0.05, 0.1) is 10.2 Å². The van der Waals surface area contributed by atoms with Gasteiger partial charge < -0.3 is 4.74 Å². The van der Waals surface area contributed by atoms with Crippen LogP contribution in [0.3, 0.4) is 0 Å². The number of rotatable bonds is 5. The highest BCUT2D eigenvalue weighted by Crippen LogP contribution is 2.38. The molecule has 100 valence electrons. The van der Waals surface area contributed by atoms with Gasteiger partial charge in [0.25, 0.3) is 0 Å². The molecule has 0 bridgehead atoms. The molecular weight excluding hydrogens is 316 g/mol. The molecule has 5 heteroatoms. The van der Waals surface area contributed by atoms with Crippen LogP contribution < -0.4 is 0 Å². The molecule has 0 radical (unpaired) electrons. The molecule has 0 aromatic carbocycles. The van der Waals surface area contributed by atoms with Crippen molar-refractivity contribution in [3.63, 3.8) is 0 Å². The number of hydrogen-bond acceptors (Lipinski definition) is 3. The van der Waals surface area contributed by atoms with Crippen LogP contribution in [0.4, 0.5) is 0 Å². The van der Waals surface area contributed by atoms with Crippen molar-refractivity contribution >= 4 is 27.5 Å². The average Bonchev–Trinajstić information content (AvgIpc) is 2.87. The van der Waals surface area contributed by atoms with Crippen molar-refractivity contribution in [2.45, 2.75) is 51.6 Å². The minimum Gasteiger partial charge on any atom is -0.373 e. The lowest BCUT2D eigenvalue weighted by atomic mass is 10.0. The second kappa shape index (κ2) is 6.83. The molecule has 1 fully saturated rings. The minimum absolute atomic E-state index is 0.445. The SMILES string of the molecule is CCCOCc1nc(Cl)c(Br)c(C2CCCC2)n1. The second-order valence-corrected chi connectivity index (χ2v) is 5.81. The van der Waals surface area contributed by atoms with Crippen LogP contribution in [0.15, 0.2) is 4.47 Å². The van der Waals surface area contributed by atoms with Gasteiger partial charge in [0.15, 0.2) is 5.82 Å². The standard InChI is InChI=1S/C13H18BrClN2O/c1-2-7-18-8-10-16-12(9-5-3-4-6-9)11(14)13(15)17-10/h9H,2-8H2,1H3. The molecule has 1 aromatic heterocycles. The molecule has 0 amide bonds. The van der Waals surface area contributed by atoms with Crippen molar-refractivity contribution in [1.82, 2.24) is 9.97 Å². The summed E-state index contributed by atoms with van der Waals surface area (Å²) in [6.07, 6.45) is 5.95. The molecule has 1 heterocycles. The molecule has 3 nitrogen and oxygen atoms in total. The number of halogens is 2. The van der Waals surface area contributed by atoms with E-state index in [0.29, 0.717) is 23.5 Å². The molecule has 0 saturated heterocycles. The third kappa shape index (κ3) is 3.43. The maximum Gasteiger partial charge on any atom is 0.156 e. The van der Waals surface area contributed by atoms with Crippen molar-refractivity contribution in [2.75, 3.05) is 6.61 Å². The summed E-state index contributed by atoms with van der Waals surface area (Å²) in [5.41, 5.74) is 1.06. The van der Waals surface area contributed by atoms with E-state index in [1.54, 1.807) is 0 Å². The van der Waals surface area contributed by atoms with Crippen LogP contribution in [0.1, 0.15) is 56.5 Å². The third-order valence-electron chi connectivity index (χ3n) is 3.20. The van der Waals surface area contributed by atoms with Gasteiger partial charge in [0.1, 0.15) is 11.8 Å². The van der Waals surface area contributed by atoms with Crippen molar-refractivity contribution in [1.29, 1.82) is 0 Å². The molecule has 0 aliphatic heterocycles. The Balaban J connectivity index is 2.16. The summed E-state index contributed by atoms with van der Waals surface area (Å²) in [6, 6.07) is 0. The Labute approximate surface area is 121 Å². The Morgan fingerprint density at radius 1 is 1.33 bits per heavy atom. The molecule has 1 saturated carbocycles. The summed E-state index contributed by atoms with van der Waals surface area (Å²) in [7, 11) is 0. The fourth-order valence-corrected chi connectivity index (χ4v) is 3.02. The number of nitrogens with zero attached hydrogens (tertiary/aromatic N) is 2. The molecule has 1 aliphatic rings. The monoisotopic (exact) mass is 332 g/mol. The summed E-state index contributed by atoms with van der Waals surface area (Å²) in [4.78, 5) is 8.88. The molecule has 1 aromatic rings. The normalized spacial score (nSPS) is 16.4. The molecule has 18 heavy (non-hydrogen) atoms. The summed E-state index contributed by atoms with van der Waals surface area (Å²) in [5.74, 6) is 1.21. The van der Waals surface area contributed by atoms with E-state index in [1.165, 1.54) is 25.7 Å². The van der Waals surface area contributed by atoms with Crippen molar-refractivity contribution in [3.05, 3.63) is 21.1 Å². The first-order valence-corrected chi connectivity index (χ1v) is 7.69. The second-order valence-electron chi connectivity index (χ2n) is 4.66. The highest BCUT2D eigenvalue weighted by atomic mass is 79.9. The zero-order valence-corrected chi connectivity index (χ0v) is 12.9. The van der Waals surface area contributed by atoms with Crippen LogP contribution in [0.25, 0.3) is 0 Å². The van der Waals surface area contributed by atoms with E-state index < -0.39 is 0 Å². The van der Waals surface area contributed by atoms with Crippen LogP contribution in [0.5, 0.6) is 0 Å². The average molecular weight is 334 g/mol. The lowest BCUT2D eigenvalue weighted by Gasteiger charge is -2.13. The first kappa shape index (κ1) is 14.2. The van der Waals surface area contributed by atoms with Gasteiger partial charge in [-0.3, -0.25) is 0 Å². The summed E-state index contributed by atoms with van der Waals surface area (Å²) < 4.78 is 6.34. The van der Waals surface area contributed by atoms with E-state index in [4.69, 9.17) is 16.3 Å². The Bertz CT molecular complexity index is 408. The van der Waals surface area contributed by atoms with Crippen LogP contribution in [-0.2, 0) is 11.3 Å². The van der Waals surface area contributed by atoms with Gasteiger partial charge >= 0.3 is 0 Å². The summed E-state index contributed by atoms with van der Waals surface area (Å²) in [5, 5.41) is 0.502. The van der Waals surface area contributed by atoms with Gasteiger partial charge in [-0.15, -0.1) is 0 Å². The third-order valence-corrected chi connectivity index (χ3v) is 4.49. The Hall–Kier alpha value is -0.190. The predicted molar refractivity (Wildman–Crippen MR) is 75.9 cm³/mol. The van der Waals surface area contributed by atoms with E-state index in [9.17, 15) is 0 Å². The van der Waals surface area contributed by atoms with Crippen molar-refractivity contribution < 1.29 is 4.74 Å². The van der Waals surface area contributed by atoms with Crippen molar-refractivity contribution in [2.24, 2.45) is 0 Å². The van der Waals surface area contributed by atoms with Gasteiger partial charge in [-0.25, -0.2) is 9.97 Å². The maximum atomic E-state index is 6.16. The van der Waals surface area contributed by atoms with Gasteiger partial charge in [0.2, 0.25) is 0 Å². The van der Waals surface area contributed by atoms with E-state index in [2.05, 4.69) is 32.8 Å². The first-order chi connectivity index (χ1) is 8.72. The number of aromatic nitrogens is 2. The fourth-order valence-electron chi connectivity index (χ4n) is 2.32. The molecule has 0 atom stereocenters. The lowest BCUT2D eigenvalue weighted by molar-refractivity contribution is 0.116. The molecule has 0 unspecified atom stereocenters. The van der Waals surface area contributed by atoms with Gasteiger partial charge in [-0.1, -0.05) is 31.4 Å². The molecule has 0 N–H and O–H groups in total. The van der Waals surface area contributed by atoms with Crippen LogP contribution >= 0.6 is 27.5 Å². The quantitative estimate of drug-likeness (QED) is 0.589. The molecular formula is C13H18BrClN2O. The zero-order chi connectivity index (χ0) is 13.0. The highest BCUT2D eigenvalue weighted by Gasteiger charge is 2.23. The predicted octanol–water partition coefficient (Wildman–Crippen LogP) is 4.48. The molecule has 1 aliphatic carbocycles. The van der Waals surface area contributed by atoms with E-state index >= 15 is 0 Å². The molecule has 0 spiro atoms. The van der Waals surface area contributed by atoms with Crippen LogP contribution in [0, 0.1) is 0 Å². The number of hydrogen-bond donors (Lipinski definition) is 0. The van der Waals surface area contributed by atoms with Crippen LogP contribution in [0.2, 0.25) is 5.15 Å². The highest BCUT2D eigenvalue weighted by molar-refractivity contribution is 9.10. The first-order valence-electron chi connectivity index (χ1n) is 6.52. The van der Waals surface area contributed by atoms with Crippen molar-refractivity contribution in [3.8, 4) is 0 Å². The summed E-state index contributed by atoms with van der Waals surface area (Å²) >= 11 is 9.67. The van der Waals surface area contributed by atoms with E-state index in [1.807, 2.05) is 0 Å². The zero-order valence-electron chi connectivity index (χ0n) is 10.6. The Morgan fingerprint density at radius 3 is 2.72 bits per heavy atom. The Kier molecular flexibility index (Phi) is 5.39. The van der Waals surface area contributed by atoms with Gasteiger partial charge in [-0.2, -0.15) is 0 Å². The Morgan fingerprint density at radius 2 is 2.06 bits per heavy atom. The van der Waals surface area contributed by atoms with Gasteiger partial charge in [0, 0.05) is 12.5 Å². The smallest absolute Gasteiger partial charge is 0.156 e. The minimum atomic E-state index is 0.445. The lowest BCUT2D eigenvalue weighted by Crippen LogP contribution is -2.07. The fraction of sp³-hybridized carbons (Fsp3) is 0.692. The maximum absolute atomic E-state index is 6.16. The molecule has 2 rings (SSSR count).